The second-order valence-electron chi connectivity index (χ2n) is 5.37. The number of alkyl halides is 3. The van der Waals surface area contributed by atoms with E-state index in [2.05, 4.69) is 4.18 Å². The molecule has 3 nitrogen and oxygen atoms in total. The van der Waals surface area contributed by atoms with E-state index < -0.39 is 15.6 Å². The van der Waals surface area contributed by atoms with Gasteiger partial charge in [-0.1, -0.05) is 6.07 Å². The van der Waals surface area contributed by atoms with Crippen molar-refractivity contribution < 1.29 is 25.8 Å². The maximum absolute atomic E-state index is 12.3. The van der Waals surface area contributed by atoms with Gasteiger partial charge < -0.3 is 4.18 Å². The molecule has 0 radical (unpaired) electrons. The highest BCUT2D eigenvalue weighted by atomic mass is 32.2. The van der Waals surface area contributed by atoms with Gasteiger partial charge in [-0.2, -0.15) is 21.6 Å². The third-order valence-electron chi connectivity index (χ3n) is 3.54. The molecule has 0 atom stereocenters. The Morgan fingerprint density at radius 3 is 1.75 bits per heavy atom. The molecule has 0 aromatic heterocycles. The first-order valence-corrected chi connectivity index (χ1v) is 7.83. The van der Waals surface area contributed by atoms with Crippen LogP contribution in [-0.4, -0.2) is 13.9 Å². The average molecular weight is 306 g/mol. The van der Waals surface area contributed by atoms with E-state index >= 15 is 0 Å². The summed E-state index contributed by atoms with van der Waals surface area (Å²) in [5, 5.41) is 0. The molecule has 2 fully saturated rings. The fourth-order valence-corrected chi connectivity index (χ4v) is 2.62. The predicted octanol–water partition coefficient (Wildman–Crippen LogP) is 3.67. The number of hydrogen-bond donors (Lipinski definition) is 0. The van der Waals surface area contributed by atoms with Gasteiger partial charge in [0.15, 0.2) is 0 Å². The summed E-state index contributed by atoms with van der Waals surface area (Å²) in [6, 6.07) is 4.78. The summed E-state index contributed by atoms with van der Waals surface area (Å²) in [4.78, 5) is 0. The molecule has 110 valence electrons. The summed E-state index contributed by atoms with van der Waals surface area (Å²) in [7, 11) is -5.59. The zero-order valence-corrected chi connectivity index (χ0v) is 11.3. The third-order valence-corrected chi connectivity index (χ3v) is 4.52. The minimum atomic E-state index is -5.59. The standard InChI is InChI=1S/C13H13F3O3S/c14-13(15,16)20(17,18)19-12-6-10(8-1-2-8)5-11(7-12)9-3-4-9/h5-9H,1-4H2. The Labute approximate surface area is 114 Å². The quantitative estimate of drug-likeness (QED) is 0.629. The van der Waals surface area contributed by atoms with Crippen molar-refractivity contribution in [3.63, 3.8) is 0 Å². The summed E-state index contributed by atoms with van der Waals surface area (Å²) < 4.78 is 63.4. The van der Waals surface area contributed by atoms with Crippen molar-refractivity contribution >= 4 is 10.1 Å². The summed E-state index contributed by atoms with van der Waals surface area (Å²) in [6.45, 7) is 0. The van der Waals surface area contributed by atoms with Crippen LogP contribution in [0.3, 0.4) is 0 Å². The first-order chi connectivity index (χ1) is 9.26. The summed E-state index contributed by atoms with van der Waals surface area (Å²) in [6.07, 6.45) is 3.94. The summed E-state index contributed by atoms with van der Waals surface area (Å²) in [5.41, 5.74) is -3.65. The Morgan fingerprint density at radius 2 is 1.40 bits per heavy atom. The van der Waals surface area contributed by atoms with Gasteiger partial charge in [0.2, 0.25) is 0 Å². The minimum absolute atomic E-state index is 0.228. The Kier molecular flexibility index (Phi) is 3.00. The summed E-state index contributed by atoms with van der Waals surface area (Å²) >= 11 is 0. The van der Waals surface area contributed by atoms with E-state index in [1.165, 1.54) is 12.1 Å². The normalized spacial score (nSPS) is 19.9. The van der Waals surface area contributed by atoms with Crippen molar-refractivity contribution in [3.8, 4) is 5.75 Å². The second kappa shape index (κ2) is 4.38. The first-order valence-electron chi connectivity index (χ1n) is 6.42. The Morgan fingerprint density at radius 1 is 0.950 bits per heavy atom. The van der Waals surface area contributed by atoms with Gasteiger partial charge in [-0.05, 0) is 60.8 Å². The average Bonchev–Trinajstić information content (AvgIpc) is 3.18. The molecule has 2 aliphatic rings. The van der Waals surface area contributed by atoms with Crippen LogP contribution < -0.4 is 4.18 Å². The number of rotatable bonds is 4. The first kappa shape index (κ1) is 13.7. The smallest absolute Gasteiger partial charge is 0.376 e. The van der Waals surface area contributed by atoms with Crippen molar-refractivity contribution in [1.29, 1.82) is 0 Å². The Bertz CT molecular complexity index is 599. The number of benzene rings is 1. The van der Waals surface area contributed by atoms with Gasteiger partial charge in [0.25, 0.3) is 0 Å². The second-order valence-corrected chi connectivity index (χ2v) is 6.90. The van der Waals surface area contributed by atoms with Crippen molar-refractivity contribution in [3.05, 3.63) is 29.3 Å². The van der Waals surface area contributed by atoms with Crippen LogP contribution in [0.5, 0.6) is 5.75 Å². The molecule has 1 aromatic rings. The van der Waals surface area contributed by atoms with Crippen LogP contribution in [0.1, 0.15) is 48.6 Å². The third kappa shape index (κ3) is 2.77. The van der Waals surface area contributed by atoms with Gasteiger partial charge in [-0.3, -0.25) is 0 Å². The summed E-state index contributed by atoms with van der Waals surface area (Å²) in [5.74, 6) is 0.419. The lowest BCUT2D eigenvalue weighted by Gasteiger charge is -2.12. The van der Waals surface area contributed by atoms with Crippen LogP contribution >= 0.6 is 0 Å². The van der Waals surface area contributed by atoms with Crippen LogP contribution in [0.25, 0.3) is 0 Å². The van der Waals surface area contributed by atoms with Gasteiger partial charge in [0.05, 0.1) is 0 Å². The van der Waals surface area contributed by atoms with E-state index in [1.807, 2.05) is 6.07 Å². The van der Waals surface area contributed by atoms with Crippen LogP contribution in [-0.2, 0) is 10.1 Å². The van der Waals surface area contributed by atoms with Crippen LogP contribution in [0.2, 0.25) is 0 Å². The van der Waals surface area contributed by atoms with Crippen molar-refractivity contribution in [2.24, 2.45) is 0 Å². The van der Waals surface area contributed by atoms with E-state index in [0.29, 0.717) is 11.8 Å². The van der Waals surface area contributed by atoms with E-state index in [0.717, 1.165) is 36.8 Å². The zero-order valence-electron chi connectivity index (χ0n) is 10.5. The highest BCUT2D eigenvalue weighted by Gasteiger charge is 2.48. The molecule has 20 heavy (non-hydrogen) atoms. The molecule has 0 unspecified atom stereocenters. The lowest BCUT2D eigenvalue weighted by atomic mass is 10.0. The van der Waals surface area contributed by atoms with Gasteiger partial charge in [-0.25, -0.2) is 0 Å². The largest absolute Gasteiger partial charge is 0.534 e. The fraction of sp³-hybridized carbons (Fsp3) is 0.538. The molecule has 0 heterocycles. The maximum Gasteiger partial charge on any atom is 0.534 e. The SMILES string of the molecule is O=S(=O)(Oc1cc(C2CC2)cc(C2CC2)c1)C(F)(F)F. The zero-order chi connectivity index (χ0) is 14.5. The van der Waals surface area contributed by atoms with Gasteiger partial charge in [0, 0.05) is 0 Å². The van der Waals surface area contributed by atoms with Gasteiger partial charge >= 0.3 is 15.6 Å². The monoisotopic (exact) mass is 306 g/mol. The highest BCUT2D eigenvalue weighted by Crippen LogP contribution is 2.46. The highest BCUT2D eigenvalue weighted by molar-refractivity contribution is 7.88. The molecule has 7 heteroatoms. The van der Waals surface area contributed by atoms with E-state index in [4.69, 9.17) is 0 Å². The predicted molar refractivity (Wildman–Crippen MR) is 66.0 cm³/mol. The lowest BCUT2D eigenvalue weighted by molar-refractivity contribution is -0.0500. The molecule has 1 aromatic carbocycles. The van der Waals surface area contributed by atoms with Gasteiger partial charge in [0.1, 0.15) is 5.75 Å². The topological polar surface area (TPSA) is 43.4 Å². The van der Waals surface area contributed by atoms with E-state index in [1.54, 1.807) is 0 Å². The molecule has 3 rings (SSSR count). The van der Waals surface area contributed by atoms with Crippen LogP contribution in [0.4, 0.5) is 13.2 Å². The molecule has 0 amide bonds. The number of halogens is 3. The van der Waals surface area contributed by atoms with E-state index in [9.17, 15) is 21.6 Å². The minimum Gasteiger partial charge on any atom is -0.376 e. The maximum atomic E-state index is 12.3. The molecule has 0 saturated heterocycles. The molecule has 2 saturated carbocycles. The van der Waals surface area contributed by atoms with Crippen molar-refractivity contribution in [1.82, 2.24) is 0 Å². The number of hydrogen-bond acceptors (Lipinski definition) is 3. The Hall–Kier alpha value is -1.24. The van der Waals surface area contributed by atoms with E-state index in [-0.39, 0.29) is 5.75 Å². The molecule has 0 N–H and O–H groups in total. The molecule has 0 bridgehead atoms. The van der Waals surface area contributed by atoms with Gasteiger partial charge in [-0.15, -0.1) is 0 Å². The molecule has 0 aliphatic heterocycles. The molecule has 0 spiro atoms. The Balaban J connectivity index is 1.92. The van der Waals surface area contributed by atoms with Crippen molar-refractivity contribution in [2.45, 2.75) is 43.0 Å². The van der Waals surface area contributed by atoms with Crippen LogP contribution in [0.15, 0.2) is 18.2 Å². The lowest BCUT2D eigenvalue weighted by Crippen LogP contribution is -2.28. The van der Waals surface area contributed by atoms with Crippen LogP contribution in [0, 0.1) is 0 Å². The van der Waals surface area contributed by atoms with Crippen molar-refractivity contribution in [2.75, 3.05) is 0 Å². The molecular weight excluding hydrogens is 293 g/mol. The fourth-order valence-electron chi connectivity index (χ4n) is 2.17. The molecular formula is C13H13F3O3S. The molecule has 2 aliphatic carbocycles.